The number of hydrogen-bond acceptors (Lipinski definition) is 4. The molecule has 5 nitrogen and oxygen atoms in total. The molecule has 1 aromatic carbocycles. The highest BCUT2D eigenvalue weighted by Crippen LogP contribution is 2.24. The van der Waals surface area contributed by atoms with E-state index in [9.17, 15) is 4.79 Å². The third-order valence-corrected chi connectivity index (χ3v) is 4.28. The van der Waals surface area contributed by atoms with Gasteiger partial charge in [0.2, 0.25) is 0 Å². The Morgan fingerprint density at radius 3 is 2.96 bits per heavy atom. The quantitative estimate of drug-likeness (QED) is 0.829. The molecule has 0 saturated heterocycles. The van der Waals surface area contributed by atoms with Crippen LogP contribution in [0.3, 0.4) is 0 Å². The molecule has 3 rings (SSSR count). The molecule has 0 saturated carbocycles. The van der Waals surface area contributed by atoms with E-state index in [0.717, 1.165) is 31.6 Å². The van der Waals surface area contributed by atoms with Crippen LogP contribution in [0.4, 0.5) is 5.69 Å². The summed E-state index contributed by atoms with van der Waals surface area (Å²) in [5.74, 6) is -0.134. The first-order chi connectivity index (χ1) is 11.8. The molecular formula is C19H23N3O2. The van der Waals surface area contributed by atoms with E-state index < -0.39 is 0 Å². The lowest BCUT2D eigenvalue weighted by Gasteiger charge is -2.30. The molecule has 24 heavy (non-hydrogen) atoms. The lowest BCUT2D eigenvalue weighted by molar-refractivity contribution is 0.0943. The highest BCUT2D eigenvalue weighted by atomic mass is 16.5. The predicted molar refractivity (Wildman–Crippen MR) is 94.3 cm³/mol. The Morgan fingerprint density at radius 2 is 2.12 bits per heavy atom. The Kier molecular flexibility index (Phi) is 5.43. The molecule has 2 aromatic rings. The van der Waals surface area contributed by atoms with Crippen molar-refractivity contribution in [3.05, 3.63) is 59.4 Å². The van der Waals surface area contributed by atoms with Crippen molar-refractivity contribution in [1.82, 2.24) is 10.3 Å². The molecule has 0 atom stereocenters. The Balaban J connectivity index is 1.66. The molecule has 1 aliphatic rings. The van der Waals surface area contributed by atoms with E-state index in [4.69, 9.17) is 4.74 Å². The van der Waals surface area contributed by atoms with Crippen LogP contribution < -0.4 is 10.2 Å². The number of ether oxygens (including phenoxy) is 1. The van der Waals surface area contributed by atoms with Crippen molar-refractivity contribution in [1.29, 1.82) is 0 Å². The van der Waals surface area contributed by atoms with Gasteiger partial charge in [-0.25, -0.2) is 0 Å². The fourth-order valence-corrected chi connectivity index (χ4v) is 2.97. The summed E-state index contributed by atoms with van der Waals surface area (Å²) in [7, 11) is 1.66. The van der Waals surface area contributed by atoms with E-state index in [0.29, 0.717) is 18.8 Å². The molecule has 0 fully saturated rings. The molecule has 0 unspecified atom stereocenters. The largest absolute Gasteiger partial charge is 0.385 e. The van der Waals surface area contributed by atoms with Crippen LogP contribution in [0.5, 0.6) is 0 Å². The zero-order valence-corrected chi connectivity index (χ0v) is 14.0. The van der Waals surface area contributed by atoms with Gasteiger partial charge in [-0.2, -0.15) is 0 Å². The van der Waals surface area contributed by atoms with Crippen LogP contribution >= 0.6 is 0 Å². The topological polar surface area (TPSA) is 54.5 Å². The molecule has 1 aliphatic heterocycles. The zero-order valence-electron chi connectivity index (χ0n) is 14.0. The van der Waals surface area contributed by atoms with E-state index in [1.54, 1.807) is 13.3 Å². The van der Waals surface area contributed by atoms with Crippen LogP contribution in [0.2, 0.25) is 0 Å². The van der Waals surface area contributed by atoms with Crippen molar-refractivity contribution in [3.63, 3.8) is 0 Å². The number of fused-ring (bicyclic) bond motifs is 1. The van der Waals surface area contributed by atoms with Crippen molar-refractivity contribution < 1.29 is 9.53 Å². The number of benzene rings is 1. The van der Waals surface area contributed by atoms with Gasteiger partial charge in [-0.1, -0.05) is 24.3 Å². The summed E-state index contributed by atoms with van der Waals surface area (Å²) in [4.78, 5) is 18.7. The zero-order chi connectivity index (χ0) is 16.8. The Bertz CT molecular complexity index is 703. The minimum absolute atomic E-state index is 0.134. The van der Waals surface area contributed by atoms with Gasteiger partial charge in [0, 0.05) is 45.2 Å². The number of rotatable bonds is 6. The van der Waals surface area contributed by atoms with Gasteiger partial charge in [0.05, 0.1) is 0 Å². The van der Waals surface area contributed by atoms with Crippen LogP contribution in [0, 0.1) is 0 Å². The monoisotopic (exact) mass is 325 g/mol. The van der Waals surface area contributed by atoms with E-state index in [1.807, 2.05) is 12.1 Å². The van der Waals surface area contributed by atoms with E-state index >= 15 is 0 Å². The minimum atomic E-state index is -0.134. The fourth-order valence-electron chi connectivity index (χ4n) is 2.97. The maximum Gasteiger partial charge on any atom is 0.269 e. The normalized spacial score (nSPS) is 13.5. The average Bonchev–Trinajstić information content (AvgIpc) is 2.65. The van der Waals surface area contributed by atoms with Gasteiger partial charge >= 0.3 is 0 Å². The van der Waals surface area contributed by atoms with Gasteiger partial charge in [-0.3, -0.25) is 9.78 Å². The molecule has 5 heteroatoms. The number of nitrogens with zero attached hydrogens (tertiary/aromatic N) is 2. The van der Waals surface area contributed by atoms with Gasteiger partial charge in [-0.05, 0) is 36.1 Å². The van der Waals surface area contributed by atoms with Crippen molar-refractivity contribution in [3.8, 4) is 0 Å². The summed E-state index contributed by atoms with van der Waals surface area (Å²) in [6.07, 6.45) is 3.53. The summed E-state index contributed by atoms with van der Waals surface area (Å²) in [6, 6.07) is 12.4. The third kappa shape index (κ3) is 3.92. The number of hydrogen-bond donors (Lipinski definition) is 1. The van der Waals surface area contributed by atoms with Gasteiger partial charge < -0.3 is 15.0 Å². The van der Waals surface area contributed by atoms with E-state index in [1.165, 1.54) is 11.1 Å². The van der Waals surface area contributed by atoms with Crippen LogP contribution in [0.15, 0.2) is 42.6 Å². The minimum Gasteiger partial charge on any atom is -0.385 e. The Hall–Kier alpha value is -2.40. The highest BCUT2D eigenvalue weighted by Gasteiger charge is 2.17. The van der Waals surface area contributed by atoms with E-state index in [2.05, 4.69) is 39.5 Å². The fraction of sp³-hybridized carbons (Fsp3) is 0.368. The predicted octanol–water partition coefficient (Wildman–Crippen LogP) is 2.41. The molecule has 1 aromatic heterocycles. The Labute approximate surface area is 142 Å². The molecule has 0 aliphatic carbocycles. The highest BCUT2D eigenvalue weighted by molar-refractivity contribution is 5.93. The first-order valence-electron chi connectivity index (χ1n) is 8.33. The Morgan fingerprint density at radius 1 is 1.29 bits per heavy atom. The second-order valence-corrected chi connectivity index (χ2v) is 5.94. The summed E-state index contributed by atoms with van der Waals surface area (Å²) in [5, 5.41) is 2.88. The number of anilines is 1. The lowest BCUT2D eigenvalue weighted by Crippen LogP contribution is -2.31. The molecule has 2 heterocycles. The summed E-state index contributed by atoms with van der Waals surface area (Å²) < 4.78 is 4.98. The van der Waals surface area contributed by atoms with Crippen LogP contribution in [-0.4, -0.2) is 37.7 Å². The molecule has 1 N–H and O–H groups in total. The van der Waals surface area contributed by atoms with E-state index in [-0.39, 0.29) is 5.91 Å². The van der Waals surface area contributed by atoms with Gasteiger partial charge in [0.15, 0.2) is 0 Å². The number of carbonyl (C=O) groups excluding carboxylic acids is 1. The lowest BCUT2D eigenvalue weighted by atomic mass is 9.99. The summed E-state index contributed by atoms with van der Waals surface area (Å²) in [6.45, 7) is 3.06. The first kappa shape index (κ1) is 16.5. The van der Waals surface area contributed by atoms with Crippen molar-refractivity contribution >= 4 is 11.6 Å². The number of methoxy groups -OCH3 is 1. The van der Waals surface area contributed by atoms with Gasteiger partial charge in [-0.15, -0.1) is 0 Å². The number of carbonyl (C=O) groups is 1. The first-order valence-corrected chi connectivity index (χ1v) is 8.33. The molecular weight excluding hydrogens is 302 g/mol. The molecule has 0 bridgehead atoms. The third-order valence-electron chi connectivity index (χ3n) is 4.28. The second kappa shape index (κ2) is 7.93. The van der Waals surface area contributed by atoms with Crippen molar-refractivity contribution in [2.75, 3.05) is 31.7 Å². The number of amides is 1. The van der Waals surface area contributed by atoms with Crippen LogP contribution in [0.25, 0.3) is 0 Å². The molecule has 126 valence electrons. The van der Waals surface area contributed by atoms with Crippen molar-refractivity contribution in [2.45, 2.75) is 19.4 Å². The van der Waals surface area contributed by atoms with Crippen LogP contribution in [0.1, 0.15) is 28.0 Å². The molecule has 1 amide bonds. The summed E-state index contributed by atoms with van der Waals surface area (Å²) in [5.41, 5.74) is 4.27. The second-order valence-electron chi connectivity index (χ2n) is 5.94. The number of pyridine rings is 1. The number of nitrogens with one attached hydrogen (secondary N) is 1. The molecule has 0 spiro atoms. The maximum atomic E-state index is 12.2. The van der Waals surface area contributed by atoms with Gasteiger partial charge in [0.25, 0.3) is 5.91 Å². The van der Waals surface area contributed by atoms with Gasteiger partial charge in [0.1, 0.15) is 5.69 Å². The standard InChI is InChI=1S/C19H23N3O2/c1-24-12-4-9-21-19(23)18-13-17(7-10-20-18)22-11-8-15-5-2-3-6-16(15)14-22/h2-3,5-7,10,13H,4,8-9,11-12,14H2,1H3,(H,21,23). The van der Waals surface area contributed by atoms with Crippen LogP contribution in [-0.2, 0) is 17.7 Å². The number of aromatic nitrogens is 1. The SMILES string of the molecule is COCCCNC(=O)c1cc(N2CCc3ccccc3C2)ccn1. The smallest absolute Gasteiger partial charge is 0.269 e. The molecule has 0 radical (unpaired) electrons. The maximum absolute atomic E-state index is 12.2. The summed E-state index contributed by atoms with van der Waals surface area (Å²) >= 11 is 0. The van der Waals surface area contributed by atoms with Crippen molar-refractivity contribution in [2.24, 2.45) is 0 Å². The average molecular weight is 325 g/mol.